The van der Waals surface area contributed by atoms with Gasteiger partial charge in [0, 0.05) is 30.6 Å². The second-order valence-electron chi connectivity index (χ2n) is 5.92. The van der Waals surface area contributed by atoms with E-state index in [2.05, 4.69) is 11.8 Å². The van der Waals surface area contributed by atoms with Crippen molar-refractivity contribution in [3.63, 3.8) is 0 Å². The lowest BCUT2D eigenvalue weighted by atomic mass is 9.95. The molecule has 5 heteroatoms. The molecule has 18 heavy (non-hydrogen) atoms. The maximum absolute atomic E-state index is 12.1. The minimum atomic E-state index is -4.01. The van der Waals surface area contributed by atoms with Crippen LogP contribution in [0.25, 0.3) is 0 Å². The third-order valence-corrected chi connectivity index (χ3v) is 4.42. The molecule has 2 heterocycles. The first-order valence-corrected chi connectivity index (χ1v) is 6.96. The van der Waals surface area contributed by atoms with Gasteiger partial charge in [-0.15, -0.1) is 0 Å². The Bertz CT molecular complexity index is 266. The lowest BCUT2D eigenvalue weighted by Gasteiger charge is -2.41. The smallest absolute Gasteiger partial charge is 0.328 e. The highest BCUT2D eigenvalue weighted by Gasteiger charge is 2.41. The van der Waals surface area contributed by atoms with Crippen LogP contribution in [0, 0.1) is 0 Å². The Balaban J connectivity index is 1.81. The van der Waals surface area contributed by atoms with E-state index in [9.17, 15) is 13.2 Å². The average molecular weight is 264 g/mol. The number of nitrogens with two attached hydrogens (primary N) is 1. The Morgan fingerprint density at radius 2 is 1.78 bits per heavy atom. The number of hydrogen-bond donors (Lipinski definition) is 1. The summed E-state index contributed by atoms with van der Waals surface area (Å²) in [6.07, 6.45) is 0.585. The third kappa shape index (κ3) is 3.38. The van der Waals surface area contributed by atoms with Gasteiger partial charge in [-0.2, -0.15) is 13.2 Å². The van der Waals surface area contributed by atoms with Crippen LogP contribution < -0.4 is 5.73 Å². The van der Waals surface area contributed by atoms with Crippen LogP contribution in [-0.2, 0) is 0 Å². The molecule has 2 aliphatic heterocycles. The third-order valence-electron chi connectivity index (χ3n) is 4.42. The minimum Gasteiger partial charge on any atom is -0.328 e. The van der Waals surface area contributed by atoms with E-state index in [1.54, 1.807) is 0 Å². The number of halogens is 3. The molecule has 2 N–H and O–H groups in total. The molecule has 0 spiro atoms. The number of nitrogens with zero attached hydrogens (tertiary/aromatic N) is 1. The Hall–Kier alpha value is -0.290. The Kier molecular flexibility index (Phi) is 4.22. The highest BCUT2D eigenvalue weighted by Crippen LogP contribution is 2.37. The van der Waals surface area contributed by atoms with Crippen molar-refractivity contribution in [2.24, 2.45) is 5.73 Å². The molecule has 0 amide bonds. The number of rotatable bonds is 4. The Morgan fingerprint density at radius 3 is 2.28 bits per heavy atom. The molecule has 0 aromatic heterocycles. The van der Waals surface area contributed by atoms with Crippen molar-refractivity contribution in [3.05, 3.63) is 0 Å². The van der Waals surface area contributed by atoms with Crippen molar-refractivity contribution in [3.8, 4) is 0 Å². The Labute approximate surface area is 107 Å². The standard InChI is InChI=1S/C13H23F3N2/c1-9(3-2-6-13(14,15)16)18-11-4-5-12(18)8-10(17)7-11/h9-12H,2-8,17H2,1H3. The summed E-state index contributed by atoms with van der Waals surface area (Å²) in [5, 5.41) is 0. The molecule has 106 valence electrons. The predicted molar refractivity (Wildman–Crippen MR) is 65.2 cm³/mol. The van der Waals surface area contributed by atoms with E-state index in [0.717, 1.165) is 12.8 Å². The van der Waals surface area contributed by atoms with Crippen LogP contribution in [0.1, 0.15) is 51.9 Å². The summed E-state index contributed by atoms with van der Waals surface area (Å²) in [6, 6.07) is 1.58. The van der Waals surface area contributed by atoms with E-state index < -0.39 is 12.6 Å². The molecule has 0 radical (unpaired) electrons. The molecule has 0 saturated carbocycles. The van der Waals surface area contributed by atoms with Gasteiger partial charge in [-0.1, -0.05) is 0 Å². The van der Waals surface area contributed by atoms with E-state index in [-0.39, 0.29) is 12.5 Å². The summed E-state index contributed by atoms with van der Waals surface area (Å²) < 4.78 is 36.4. The van der Waals surface area contributed by atoms with E-state index in [1.807, 2.05) is 0 Å². The monoisotopic (exact) mass is 264 g/mol. The quantitative estimate of drug-likeness (QED) is 0.845. The summed E-state index contributed by atoms with van der Waals surface area (Å²) in [6.45, 7) is 2.07. The SMILES string of the molecule is CC(CCCC(F)(F)F)N1C2CCC1CC(N)C2. The van der Waals surface area contributed by atoms with Gasteiger partial charge in [-0.3, -0.25) is 4.90 Å². The summed E-state index contributed by atoms with van der Waals surface area (Å²) in [5.41, 5.74) is 6.00. The predicted octanol–water partition coefficient (Wildman–Crippen LogP) is 3.06. The van der Waals surface area contributed by atoms with E-state index in [4.69, 9.17) is 5.73 Å². The fraction of sp³-hybridized carbons (Fsp3) is 1.00. The van der Waals surface area contributed by atoms with Gasteiger partial charge in [-0.25, -0.2) is 0 Å². The van der Waals surface area contributed by atoms with Crippen LogP contribution in [0.4, 0.5) is 13.2 Å². The lowest BCUT2D eigenvalue weighted by Crippen LogP contribution is -2.51. The second kappa shape index (κ2) is 5.37. The molecule has 0 aliphatic carbocycles. The summed E-state index contributed by atoms with van der Waals surface area (Å²) in [7, 11) is 0. The van der Waals surface area contributed by atoms with Crippen molar-refractivity contribution in [1.29, 1.82) is 0 Å². The highest BCUT2D eigenvalue weighted by molar-refractivity contribution is 4.98. The van der Waals surface area contributed by atoms with E-state index >= 15 is 0 Å². The molecule has 2 nitrogen and oxygen atoms in total. The zero-order valence-corrected chi connectivity index (χ0v) is 10.9. The van der Waals surface area contributed by atoms with E-state index in [1.165, 1.54) is 12.8 Å². The first kappa shape index (κ1) is 14.1. The summed E-state index contributed by atoms with van der Waals surface area (Å²) >= 11 is 0. The van der Waals surface area contributed by atoms with Gasteiger partial charge in [0.25, 0.3) is 0 Å². The van der Waals surface area contributed by atoms with Crippen LogP contribution in [0.2, 0.25) is 0 Å². The number of alkyl halides is 3. The number of piperidine rings is 1. The molecule has 3 atom stereocenters. The molecule has 0 aromatic rings. The van der Waals surface area contributed by atoms with E-state index in [0.29, 0.717) is 24.5 Å². The molecular weight excluding hydrogens is 241 g/mol. The normalized spacial score (nSPS) is 34.8. The van der Waals surface area contributed by atoms with Gasteiger partial charge in [0.05, 0.1) is 0 Å². The largest absolute Gasteiger partial charge is 0.389 e. The molecule has 2 saturated heterocycles. The van der Waals surface area contributed by atoms with Crippen molar-refractivity contribution >= 4 is 0 Å². The average Bonchev–Trinajstić information content (AvgIpc) is 2.49. The topological polar surface area (TPSA) is 29.3 Å². The van der Waals surface area contributed by atoms with Crippen molar-refractivity contribution in [1.82, 2.24) is 4.90 Å². The van der Waals surface area contributed by atoms with Gasteiger partial charge in [-0.05, 0) is 45.4 Å². The zero-order valence-electron chi connectivity index (χ0n) is 10.9. The maximum atomic E-state index is 12.1. The van der Waals surface area contributed by atoms with Crippen LogP contribution in [0.3, 0.4) is 0 Å². The first-order chi connectivity index (χ1) is 8.37. The molecule has 0 aromatic carbocycles. The van der Waals surface area contributed by atoms with Gasteiger partial charge in [0.1, 0.15) is 0 Å². The van der Waals surface area contributed by atoms with Crippen LogP contribution in [0.15, 0.2) is 0 Å². The van der Waals surface area contributed by atoms with Crippen LogP contribution in [0.5, 0.6) is 0 Å². The molecule has 3 unspecified atom stereocenters. The molecular formula is C13H23F3N2. The van der Waals surface area contributed by atoms with Crippen molar-refractivity contribution < 1.29 is 13.2 Å². The van der Waals surface area contributed by atoms with Gasteiger partial charge in [0.15, 0.2) is 0 Å². The first-order valence-electron chi connectivity index (χ1n) is 6.96. The van der Waals surface area contributed by atoms with Gasteiger partial charge >= 0.3 is 6.18 Å². The molecule has 2 aliphatic rings. The maximum Gasteiger partial charge on any atom is 0.389 e. The zero-order chi connectivity index (χ0) is 13.3. The summed E-state index contributed by atoms with van der Waals surface area (Å²) in [4.78, 5) is 2.44. The fourth-order valence-electron chi connectivity index (χ4n) is 3.72. The second-order valence-corrected chi connectivity index (χ2v) is 5.92. The molecule has 2 rings (SSSR count). The number of fused-ring (bicyclic) bond motifs is 2. The van der Waals surface area contributed by atoms with Gasteiger partial charge in [0.2, 0.25) is 0 Å². The fourth-order valence-corrected chi connectivity index (χ4v) is 3.72. The van der Waals surface area contributed by atoms with Crippen LogP contribution in [-0.4, -0.2) is 35.2 Å². The number of hydrogen-bond acceptors (Lipinski definition) is 2. The summed E-state index contributed by atoms with van der Waals surface area (Å²) in [5.74, 6) is 0. The van der Waals surface area contributed by atoms with Crippen molar-refractivity contribution in [2.75, 3.05) is 0 Å². The minimum absolute atomic E-state index is 0.243. The Morgan fingerprint density at radius 1 is 1.22 bits per heavy atom. The highest BCUT2D eigenvalue weighted by atomic mass is 19.4. The molecule has 2 bridgehead atoms. The molecule has 2 fully saturated rings. The van der Waals surface area contributed by atoms with Gasteiger partial charge < -0.3 is 5.73 Å². The lowest BCUT2D eigenvalue weighted by molar-refractivity contribution is -0.136. The van der Waals surface area contributed by atoms with Crippen molar-refractivity contribution in [2.45, 2.75) is 82.2 Å². The van der Waals surface area contributed by atoms with Crippen LogP contribution >= 0.6 is 0 Å².